The molecule has 0 fully saturated rings. The molecule has 1 rings (SSSR count). The van der Waals surface area contributed by atoms with Gasteiger partial charge in [0, 0.05) is 6.21 Å². The predicted molar refractivity (Wildman–Crippen MR) is 40.9 cm³/mol. The van der Waals surface area contributed by atoms with Crippen molar-refractivity contribution in [2.45, 2.75) is 13.3 Å². The van der Waals surface area contributed by atoms with Gasteiger partial charge in [0.1, 0.15) is 0 Å². The molecule has 1 heteroatoms. The molecule has 0 radical (unpaired) electrons. The first-order chi connectivity index (χ1) is 4.43. The minimum atomic E-state index is 0.865. The summed E-state index contributed by atoms with van der Waals surface area (Å²) in [5.41, 5.74) is 1.33. The van der Waals surface area contributed by atoms with Gasteiger partial charge in [-0.15, -0.1) is 0 Å². The van der Waals surface area contributed by atoms with Crippen LogP contribution in [0.2, 0.25) is 0 Å². The molecule has 0 aromatic heterocycles. The van der Waals surface area contributed by atoms with Crippen molar-refractivity contribution < 1.29 is 0 Å². The van der Waals surface area contributed by atoms with Gasteiger partial charge in [0.2, 0.25) is 0 Å². The largest absolute Gasteiger partial charge is 0.288 e. The summed E-state index contributed by atoms with van der Waals surface area (Å²) in [7, 11) is 0. The van der Waals surface area contributed by atoms with Crippen LogP contribution in [0.25, 0.3) is 0 Å². The summed E-state index contributed by atoms with van der Waals surface area (Å²) in [5.74, 6) is 0. The summed E-state index contributed by atoms with van der Waals surface area (Å²) in [6.07, 6.45) is 9.23. The molecule has 0 unspecified atom stereocenters. The smallest absolute Gasteiger partial charge is 0.0636 e. The standard InChI is InChI=1S/C8H11N/c1-2-4-8-5-3-6-9-7-8/h3-6H,2,7H2,1H3. The fourth-order valence-electron chi connectivity index (χ4n) is 0.833. The molecule has 48 valence electrons. The minimum Gasteiger partial charge on any atom is -0.288 e. The summed E-state index contributed by atoms with van der Waals surface area (Å²) < 4.78 is 0. The maximum absolute atomic E-state index is 4.10. The van der Waals surface area contributed by atoms with E-state index >= 15 is 0 Å². The third kappa shape index (κ3) is 1.84. The van der Waals surface area contributed by atoms with Crippen LogP contribution in [0.4, 0.5) is 0 Å². The average molecular weight is 121 g/mol. The maximum atomic E-state index is 4.10. The highest BCUT2D eigenvalue weighted by Gasteiger charge is 1.90. The molecule has 1 heterocycles. The summed E-state index contributed by atoms with van der Waals surface area (Å²) in [5, 5.41) is 0. The monoisotopic (exact) mass is 121 g/mol. The second-order valence-corrected chi connectivity index (χ2v) is 2.04. The Bertz CT molecular complexity index is 163. The summed E-state index contributed by atoms with van der Waals surface area (Å²) in [4.78, 5) is 4.10. The van der Waals surface area contributed by atoms with Crippen molar-refractivity contribution >= 4 is 6.21 Å². The highest BCUT2D eigenvalue weighted by atomic mass is 14.7. The molecule has 0 atom stereocenters. The van der Waals surface area contributed by atoms with Crippen LogP contribution in [0.5, 0.6) is 0 Å². The van der Waals surface area contributed by atoms with E-state index in [0.29, 0.717) is 0 Å². The van der Waals surface area contributed by atoms with Crippen molar-refractivity contribution in [1.82, 2.24) is 0 Å². The van der Waals surface area contributed by atoms with Crippen LogP contribution >= 0.6 is 0 Å². The van der Waals surface area contributed by atoms with Crippen LogP contribution in [-0.2, 0) is 0 Å². The number of nitrogens with zero attached hydrogens (tertiary/aromatic N) is 1. The Hall–Kier alpha value is -0.850. The van der Waals surface area contributed by atoms with Gasteiger partial charge >= 0.3 is 0 Å². The molecule has 0 aromatic carbocycles. The molecule has 1 nitrogen and oxygen atoms in total. The van der Waals surface area contributed by atoms with E-state index in [2.05, 4.69) is 24.1 Å². The SMILES string of the molecule is CCC=C1C=CC=NC1. The lowest BCUT2D eigenvalue weighted by molar-refractivity contribution is 1.12. The third-order valence-corrected chi connectivity index (χ3v) is 1.24. The van der Waals surface area contributed by atoms with Crippen LogP contribution in [0.3, 0.4) is 0 Å². The Kier molecular flexibility index (Phi) is 2.25. The molecule has 1 aliphatic rings. The lowest BCUT2D eigenvalue weighted by atomic mass is 10.2. The molecule has 0 saturated carbocycles. The van der Waals surface area contributed by atoms with Crippen molar-refractivity contribution in [1.29, 1.82) is 0 Å². The van der Waals surface area contributed by atoms with Crippen LogP contribution in [-0.4, -0.2) is 12.8 Å². The van der Waals surface area contributed by atoms with Crippen LogP contribution in [0, 0.1) is 0 Å². The molecule has 0 amide bonds. The molecule has 0 N–H and O–H groups in total. The van der Waals surface area contributed by atoms with Crippen molar-refractivity contribution in [3.8, 4) is 0 Å². The van der Waals surface area contributed by atoms with E-state index in [1.54, 1.807) is 0 Å². The summed E-state index contributed by atoms with van der Waals surface area (Å²) >= 11 is 0. The highest BCUT2D eigenvalue weighted by molar-refractivity contribution is 5.73. The number of dihydropyridines is 1. The van der Waals surface area contributed by atoms with Crippen LogP contribution in [0.1, 0.15) is 13.3 Å². The zero-order valence-electron chi connectivity index (χ0n) is 5.67. The maximum Gasteiger partial charge on any atom is 0.0636 e. The van der Waals surface area contributed by atoms with Gasteiger partial charge in [-0.3, -0.25) is 4.99 Å². The predicted octanol–water partition coefficient (Wildman–Crippen LogP) is 1.96. The van der Waals surface area contributed by atoms with Crippen molar-refractivity contribution in [3.63, 3.8) is 0 Å². The van der Waals surface area contributed by atoms with Gasteiger partial charge in [0.25, 0.3) is 0 Å². The lowest BCUT2D eigenvalue weighted by Crippen LogP contribution is -1.89. The fraction of sp³-hybridized carbons (Fsp3) is 0.375. The van der Waals surface area contributed by atoms with Gasteiger partial charge in [-0.2, -0.15) is 0 Å². The van der Waals surface area contributed by atoms with Gasteiger partial charge in [0.15, 0.2) is 0 Å². The fourth-order valence-corrected chi connectivity index (χ4v) is 0.833. The Morgan fingerprint density at radius 3 is 3.22 bits per heavy atom. The lowest BCUT2D eigenvalue weighted by Gasteiger charge is -1.98. The number of rotatable bonds is 1. The van der Waals surface area contributed by atoms with E-state index in [4.69, 9.17) is 0 Å². The van der Waals surface area contributed by atoms with Crippen molar-refractivity contribution in [2.24, 2.45) is 4.99 Å². The van der Waals surface area contributed by atoms with Gasteiger partial charge < -0.3 is 0 Å². The topological polar surface area (TPSA) is 12.4 Å². The van der Waals surface area contributed by atoms with Crippen LogP contribution in [0.15, 0.2) is 28.8 Å². The first-order valence-corrected chi connectivity index (χ1v) is 3.29. The van der Waals surface area contributed by atoms with Gasteiger partial charge in [-0.05, 0) is 18.1 Å². The summed E-state index contributed by atoms with van der Waals surface area (Å²) in [6.45, 7) is 3.00. The van der Waals surface area contributed by atoms with Gasteiger partial charge in [-0.25, -0.2) is 0 Å². The molecule has 1 aliphatic heterocycles. The quantitative estimate of drug-likeness (QED) is 0.503. The molecule has 0 aliphatic carbocycles. The number of aliphatic imine (C=N–C) groups is 1. The van der Waals surface area contributed by atoms with Gasteiger partial charge in [0.05, 0.1) is 6.54 Å². The molecular weight excluding hydrogens is 110 g/mol. The van der Waals surface area contributed by atoms with Crippen molar-refractivity contribution in [3.05, 3.63) is 23.8 Å². The average Bonchev–Trinajstić information content (AvgIpc) is 1.91. The first-order valence-electron chi connectivity index (χ1n) is 3.29. The molecule has 9 heavy (non-hydrogen) atoms. The van der Waals surface area contributed by atoms with E-state index in [9.17, 15) is 0 Å². The van der Waals surface area contributed by atoms with E-state index in [0.717, 1.165) is 13.0 Å². The number of hydrogen-bond acceptors (Lipinski definition) is 1. The molecule has 0 bridgehead atoms. The number of allylic oxidation sites excluding steroid dienone is 2. The summed E-state index contributed by atoms with van der Waals surface area (Å²) in [6, 6.07) is 0. The van der Waals surface area contributed by atoms with E-state index in [-0.39, 0.29) is 0 Å². The second kappa shape index (κ2) is 3.23. The second-order valence-electron chi connectivity index (χ2n) is 2.04. The van der Waals surface area contributed by atoms with Crippen LogP contribution < -0.4 is 0 Å². The molecular formula is C8H11N. The van der Waals surface area contributed by atoms with E-state index in [1.165, 1.54) is 5.57 Å². The molecule has 0 spiro atoms. The zero-order chi connectivity index (χ0) is 6.53. The normalized spacial score (nSPS) is 21.2. The van der Waals surface area contributed by atoms with E-state index in [1.807, 2.05) is 12.3 Å². The zero-order valence-corrected chi connectivity index (χ0v) is 5.67. The Morgan fingerprint density at radius 2 is 2.67 bits per heavy atom. The Morgan fingerprint density at radius 1 is 1.78 bits per heavy atom. The number of hydrogen-bond donors (Lipinski definition) is 0. The Labute approximate surface area is 55.8 Å². The first kappa shape index (κ1) is 6.27. The van der Waals surface area contributed by atoms with Gasteiger partial charge in [-0.1, -0.05) is 19.1 Å². The van der Waals surface area contributed by atoms with Crippen molar-refractivity contribution in [2.75, 3.05) is 6.54 Å². The highest BCUT2D eigenvalue weighted by Crippen LogP contribution is 2.02. The Balaban J connectivity index is 2.55. The molecule has 0 aromatic rings. The van der Waals surface area contributed by atoms with E-state index < -0.39 is 0 Å². The molecule has 0 saturated heterocycles. The third-order valence-electron chi connectivity index (χ3n) is 1.24. The minimum absolute atomic E-state index is 0.865.